The molecule has 1 amide bonds. The van der Waals surface area contributed by atoms with E-state index in [9.17, 15) is 9.59 Å². The van der Waals surface area contributed by atoms with Crippen LogP contribution in [-0.2, 0) is 9.53 Å². The molecule has 0 aliphatic heterocycles. The van der Waals surface area contributed by atoms with E-state index in [0.717, 1.165) is 35.3 Å². The number of ether oxygens (including phenoxy) is 1. The minimum Gasteiger partial charge on any atom is -0.462 e. The second-order valence-electron chi connectivity index (χ2n) is 9.48. The molecule has 1 heterocycles. The van der Waals surface area contributed by atoms with Crippen LogP contribution in [0, 0.1) is 30.1 Å². The fourth-order valence-electron chi connectivity index (χ4n) is 6.61. The Morgan fingerprint density at radius 2 is 1.67 bits per heavy atom. The summed E-state index contributed by atoms with van der Waals surface area (Å²) in [6.07, 6.45) is 6.94. The maximum Gasteiger partial charge on any atom is 0.341 e. The van der Waals surface area contributed by atoms with Crippen molar-refractivity contribution in [3.05, 3.63) is 40.8 Å². The lowest BCUT2D eigenvalue weighted by Gasteiger charge is -2.55. The molecule has 0 radical (unpaired) electrons. The molecule has 0 atom stereocenters. The second-order valence-corrected chi connectivity index (χ2v) is 10.7. The summed E-state index contributed by atoms with van der Waals surface area (Å²) in [5.74, 6) is 1.87. The summed E-state index contributed by atoms with van der Waals surface area (Å²) in [6.45, 7) is 4.13. The molecule has 4 aliphatic carbocycles. The highest BCUT2D eigenvalue weighted by Crippen LogP contribution is 2.60. The van der Waals surface area contributed by atoms with Gasteiger partial charge in [0.2, 0.25) is 5.91 Å². The van der Waals surface area contributed by atoms with Crippen molar-refractivity contribution in [3.8, 4) is 11.1 Å². The number of hydrogen-bond acceptors (Lipinski definition) is 4. The van der Waals surface area contributed by atoms with Gasteiger partial charge in [-0.05, 0) is 75.7 Å². The number of aryl methyl sites for hydroxylation is 1. The van der Waals surface area contributed by atoms with Crippen LogP contribution in [0.2, 0.25) is 0 Å². The van der Waals surface area contributed by atoms with Gasteiger partial charge in [-0.1, -0.05) is 30.3 Å². The zero-order chi connectivity index (χ0) is 20.9. The molecule has 158 valence electrons. The first-order chi connectivity index (χ1) is 14.5. The Kier molecular flexibility index (Phi) is 4.97. The van der Waals surface area contributed by atoms with Crippen molar-refractivity contribution in [1.29, 1.82) is 0 Å². The Labute approximate surface area is 182 Å². The van der Waals surface area contributed by atoms with Crippen LogP contribution in [0.1, 0.15) is 60.7 Å². The molecule has 4 nitrogen and oxygen atoms in total. The van der Waals surface area contributed by atoms with Gasteiger partial charge < -0.3 is 10.1 Å². The Hall–Kier alpha value is -2.14. The number of anilines is 1. The highest BCUT2D eigenvalue weighted by Gasteiger charge is 2.54. The third kappa shape index (κ3) is 3.27. The number of carbonyl (C=O) groups excluding carboxylic acids is 2. The van der Waals surface area contributed by atoms with Crippen LogP contribution in [0.15, 0.2) is 30.3 Å². The summed E-state index contributed by atoms with van der Waals surface area (Å²) in [7, 11) is 0. The van der Waals surface area contributed by atoms with Crippen LogP contribution in [0.4, 0.5) is 5.00 Å². The molecule has 30 heavy (non-hydrogen) atoms. The maximum atomic E-state index is 13.6. The van der Waals surface area contributed by atoms with Crippen LogP contribution in [0.25, 0.3) is 11.1 Å². The third-order valence-corrected chi connectivity index (χ3v) is 8.39. The Morgan fingerprint density at radius 3 is 2.23 bits per heavy atom. The number of benzene rings is 1. The van der Waals surface area contributed by atoms with Gasteiger partial charge in [0, 0.05) is 10.4 Å². The average Bonchev–Trinajstić information content (AvgIpc) is 3.03. The molecule has 1 N–H and O–H groups in total. The quantitative estimate of drug-likeness (QED) is 0.595. The Balaban J connectivity index is 1.50. The minimum atomic E-state index is -0.360. The van der Waals surface area contributed by atoms with Crippen molar-refractivity contribution in [2.45, 2.75) is 52.4 Å². The van der Waals surface area contributed by atoms with Gasteiger partial charge in [0.25, 0.3) is 0 Å². The van der Waals surface area contributed by atoms with E-state index in [0.29, 0.717) is 34.9 Å². The molecule has 4 bridgehead atoms. The van der Waals surface area contributed by atoms with Gasteiger partial charge in [-0.2, -0.15) is 0 Å². The monoisotopic (exact) mass is 423 g/mol. The molecule has 5 heteroatoms. The zero-order valence-corrected chi connectivity index (χ0v) is 18.5. The molecule has 4 saturated carbocycles. The van der Waals surface area contributed by atoms with Crippen molar-refractivity contribution in [2.24, 2.45) is 23.2 Å². The fourth-order valence-corrected chi connectivity index (χ4v) is 7.67. The van der Waals surface area contributed by atoms with E-state index in [1.165, 1.54) is 30.6 Å². The van der Waals surface area contributed by atoms with E-state index >= 15 is 0 Å². The van der Waals surface area contributed by atoms with E-state index in [1.54, 1.807) is 0 Å². The first kappa shape index (κ1) is 19.8. The van der Waals surface area contributed by atoms with E-state index in [-0.39, 0.29) is 17.3 Å². The van der Waals surface area contributed by atoms with E-state index < -0.39 is 0 Å². The average molecular weight is 424 g/mol. The van der Waals surface area contributed by atoms with E-state index in [4.69, 9.17) is 4.74 Å². The SMILES string of the molecule is CCOC(=O)c1c(NC(=O)C23CC4CC(CC(C4)C2)C3)sc(C)c1-c1ccccc1. The molecule has 0 spiro atoms. The summed E-state index contributed by atoms with van der Waals surface area (Å²) < 4.78 is 5.39. The zero-order valence-electron chi connectivity index (χ0n) is 17.7. The lowest BCUT2D eigenvalue weighted by atomic mass is 9.49. The molecule has 4 aliphatic rings. The molecule has 2 aromatic rings. The summed E-state index contributed by atoms with van der Waals surface area (Å²) in [5, 5.41) is 3.86. The number of nitrogens with one attached hydrogen (secondary N) is 1. The van der Waals surface area contributed by atoms with Crippen molar-refractivity contribution in [1.82, 2.24) is 0 Å². The highest BCUT2D eigenvalue weighted by molar-refractivity contribution is 7.17. The first-order valence-corrected chi connectivity index (χ1v) is 12.0. The topological polar surface area (TPSA) is 55.4 Å². The van der Waals surface area contributed by atoms with Crippen LogP contribution in [0.5, 0.6) is 0 Å². The summed E-state index contributed by atoms with van der Waals surface area (Å²) in [5.41, 5.74) is 2.11. The lowest BCUT2D eigenvalue weighted by molar-refractivity contribution is -0.140. The van der Waals surface area contributed by atoms with Gasteiger partial charge >= 0.3 is 5.97 Å². The number of thiophene rings is 1. The van der Waals surface area contributed by atoms with E-state index in [2.05, 4.69) is 5.32 Å². The Bertz CT molecular complexity index is 942. The molecule has 0 unspecified atom stereocenters. The van der Waals surface area contributed by atoms with Crippen LogP contribution in [0.3, 0.4) is 0 Å². The predicted octanol–water partition coefficient (Wildman–Crippen LogP) is 6.06. The third-order valence-electron chi connectivity index (χ3n) is 7.37. The van der Waals surface area contributed by atoms with Gasteiger partial charge in [0.15, 0.2) is 0 Å². The van der Waals surface area contributed by atoms with Crippen molar-refractivity contribution >= 4 is 28.2 Å². The Morgan fingerprint density at radius 1 is 1.07 bits per heavy atom. The molecule has 1 aromatic heterocycles. The maximum absolute atomic E-state index is 13.6. The fraction of sp³-hybridized carbons (Fsp3) is 0.520. The largest absolute Gasteiger partial charge is 0.462 e. The molecule has 6 rings (SSSR count). The number of carbonyl (C=O) groups is 2. The van der Waals surface area contributed by atoms with Crippen molar-refractivity contribution in [2.75, 3.05) is 11.9 Å². The number of hydrogen-bond donors (Lipinski definition) is 1. The summed E-state index contributed by atoms with van der Waals surface area (Å²) in [4.78, 5) is 27.6. The molecule has 0 saturated heterocycles. The smallest absolute Gasteiger partial charge is 0.341 e. The number of esters is 1. The highest BCUT2D eigenvalue weighted by atomic mass is 32.1. The molecular formula is C25H29NO3S. The normalized spacial score (nSPS) is 29.1. The summed E-state index contributed by atoms with van der Waals surface area (Å²) >= 11 is 1.49. The second kappa shape index (κ2) is 7.52. The summed E-state index contributed by atoms with van der Waals surface area (Å²) in [6, 6.07) is 9.90. The van der Waals surface area contributed by atoms with Crippen molar-refractivity contribution < 1.29 is 14.3 Å². The lowest BCUT2D eigenvalue weighted by Crippen LogP contribution is -2.51. The number of rotatable bonds is 5. The standard InChI is InChI=1S/C25H29NO3S/c1-3-29-23(27)21-20(19-7-5-4-6-8-19)15(2)30-22(21)26-24(28)25-12-16-9-17(13-25)11-18(10-16)14-25/h4-8,16-18H,3,9-14H2,1-2H3,(H,26,28). The van der Waals surface area contributed by atoms with Gasteiger partial charge in [-0.3, -0.25) is 4.79 Å². The number of amides is 1. The predicted molar refractivity (Wildman–Crippen MR) is 120 cm³/mol. The minimum absolute atomic E-state index is 0.119. The van der Waals surface area contributed by atoms with Gasteiger partial charge in [0.05, 0.1) is 12.0 Å². The van der Waals surface area contributed by atoms with E-state index in [1.807, 2.05) is 44.2 Å². The molecular weight excluding hydrogens is 394 g/mol. The van der Waals surface area contributed by atoms with Crippen LogP contribution in [-0.4, -0.2) is 18.5 Å². The van der Waals surface area contributed by atoms with Gasteiger partial charge in [0.1, 0.15) is 10.6 Å². The first-order valence-electron chi connectivity index (χ1n) is 11.2. The molecule has 4 fully saturated rings. The van der Waals surface area contributed by atoms with Gasteiger partial charge in [-0.15, -0.1) is 11.3 Å². The van der Waals surface area contributed by atoms with Crippen LogP contribution >= 0.6 is 11.3 Å². The van der Waals surface area contributed by atoms with Crippen LogP contribution < -0.4 is 5.32 Å². The van der Waals surface area contributed by atoms with Crippen molar-refractivity contribution in [3.63, 3.8) is 0 Å². The van der Waals surface area contributed by atoms with Gasteiger partial charge in [-0.25, -0.2) is 4.79 Å². The molecule has 1 aromatic carbocycles.